The fourth-order valence-electron chi connectivity index (χ4n) is 2.91. The largest absolute Gasteiger partial charge is 0.299 e. The molecule has 3 rings (SSSR count). The van der Waals surface area contributed by atoms with Gasteiger partial charge >= 0.3 is 0 Å². The van der Waals surface area contributed by atoms with E-state index < -0.39 is 0 Å². The molecule has 0 radical (unpaired) electrons. The normalized spacial score (nSPS) is 20.2. The van der Waals surface area contributed by atoms with Crippen LogP contribution in [0.25, 0.3) is 10.9 Å². The predicted octanol–water partition coefficient (Wildman–Crippen LogP) is 3.69. The van der Waals surface area contributed by atoms with Crippen molar-refractivity contribution in [1.29, 1.82) is 0 Å². The Morgan fingerprint density at radius 2 is 2.21 bits per heavy atom. The van der Waals surface area contributed by atoms with Crippen LogP contribution in [0.4, 0.5) is 0 Å². The first-order valence-corrected chi connectivity index (χ1v) is 7.50. The van der Waals surface area contributed by atoms with Crippen LogP contribution in [-0.4, -0.2) is 28.9 Å². The molecule has 0 aliphatic carbocycles. The van der Waals surface area contributed by atoms with Gasteiger partial charge in [-0.3, -0.25) is 9.88 Å². The molecule has 0 spiro atoms. The second kappa shape index (κ2) is 5.89. The van der Waals surface area contributed by atoms with Gasteiger partial charge in [0.05, 0.1) is 5.52 Å². The van der Waals surface area contributed by atoms with Gasteiger partial charge in [-0.05, 0) is 43.0 Å². The molecule has 0 amide bonds. The molecule has 1 atom stereocenters. The van der Waals surface area contributed by atoms with Crippen molar-refractivity contribution in [3.63, 3.8) is 0 Å². The number of fused-ring (bicyclic) bond motifs is 1. The highest BCUT2D eigenvalue weighted by molar-refractivity contribution is 6.17. The SMILES string of the molecule is ClCCC1CCN(Cc2cnc3ccccc3c2)C1. The summed E-state index contributed by atoms with van der Waals surface area (Å²) >= 11 is 5.83. The van der Waals surface area contributed by atoms with Crippen molar-refractivity contribution in [1.82, 2.24) is 9.88 Å². The van der Waals surface area contributed by atoms with E-state index >= 15 is 0 Å². The number of aromatic nitrogens is 1. The molecule has 0 bridgehead atoms. The van der Waals surface area contributed by atoms with E-state index in [1.165, 1.54) is 30.5 Å². The van der Waals surface area contributed by atoms with Crippen molar-refractivity contribution < 1.29 is 0 Å². The number of para-hydroxylation sites is 1. The third kappa shape index (κ3) is 3.07. The quantitative estimate of drug-likeness (QED) is 0.791. The van der Waals surface area contributed by atoms with Crippen LogP contribution < -0.4 is 0 Å². The summed E-state index contributed by atoms with van der Waals surface area (Å²) < 4.78 is 0. The molecule has 1 unspecified atom stereocenters. The first-order valence-electron chi connectivity index (χ1n) is 6.97. The van der Waals surface area contributed by atoms with Crippen molar-refractivity contribution in [3.8, 4) is 0 Å². The van der Waals surface area contributed by atoms with Gasteiger partial charge in [0.15, 0.2) is 0 Å². The molecular weight excluding hydrogens is 256 g/mol. The van der Waals surface area contributed by atoms with Crippen molar-refractivity contribution in [2.24, 2.45) is 5.92 Å². The molecule has 1 fully saturated rings. The van der Waals surface area contributed by atoms with Crippen LogP contribution in [0.1, 0.15) is 18.4 Å². The van der Waals surface area contributed by atoms with E-state index in [0.29, 0.717) is 0 Å². The molecule has 1 aliphatic rings. The highest BCUT2D eigenvalue weighted by atomic mass is 35.5. The van der Waals surface area contributed by atoms with Gasteiger partial charge in [-0.2, -0.15) is 0 Å². The van der Waals surface area contributed by atoms with Gasteiger partial charge in [0.2, 0.25) is 0 Å². The number of hydrogen-bond donors (Lipinski definition) is 0. The van der Waals surface area contributed by atoms with Gasteiger partial charge in [-0.15, -0.1) is 11.6 Å². The molecule has 2 aromatic rings. The minimum Gasteiger partial charge on any atom is -0.299 e. The van der Waals surface area contributed by atoms with E-state index in [1.807, 2.05) is 12.3 Å². The van der Waals surface area contributed by atoms with Crippen molar-refractivity contribution in [2.45, 2.75) is 19.4 Å². The maximum absolute atomic E-state index is 5.83. The lowest BCUT2D eigenvalue weighted by Gasteiger charge is -2.16. The lowest BCUT2D eigenvalue weighted by Crippen LogP contribution is -2.20. The lowest BCUT2D eigenvalue weighted by molar-refractivity contribution is 0.315. The number of likely N-dealkylation sites (tertiary alicyclic amines) is 1. The first kappa shape index (κ1) is 12.9. The molecule has 0 N–H and O–H groups in total. The van der Waals surface area contributed by atoms with Gasteiger partial charge in [-0.25, -0.2) is 0 Å². The summed E-state index contributed by atoms with van der Waals surface area (Å²) in [5, 5.41) is 1.23. The van der Waals surface area contributed by atoms with Crippen LogP contribution in [0.15, 0.2) is 36.5 Å². The van der Waals surface area contributed by atoms with Crippen molar-refractivity contribution >= 4 is 22.5 Å². The molecule has 1 aromatic carbocycles. The Bertz CT molecular complexity index is 555. The Labute approximate surface area is 119 Å². The monoisotopic (exact) mass is 274 g/mol. The standard InChI is InChI=1S/C16H19ClN2/c17-7-5-13-6-8-19(11-13)12-14-9-15-3-1-2-4-16(15)18-10-14/h1-4,9-10,13H,5-8,11-12H2. The molecule has 0 saturated carbocycles. The Kier molecular flexibility index (Phi) is 4.00. The fraction of sp³-hybridized carbons (Fsp3) is 0.438. The van der Waals surface area contributed by atoms with Crippen molar-refractivity contribution in [3.05, 3.63) is 42.1 Å². The summed E-state index contributed by atoms with van der Waals surface area (Å²) in [5.41, 5.74) is 2.39. The summed E-state index contributed by atoms with van der Waals surface area (Å²) in [5.74, 6) is 1.57. The van der Waals surface area contributed by atoms with Crippen molar-refractivity contribution in [2.75, 3.05) is 19.0 Å². The topological polar surface area (TPSA) is 16.1 Å². The minimum absolute atomic E-state index is 0.783. The number of rotatable bonds is 4. The van der Waals surface area contributed by atoms with Crippen LogP contribution in [0.5, 0.6) is 0 Å². The molecule has 19 heavy (non-hydrogen) atoms. The maximum Gasteiger partial charge on any atom is 0.0702 e. The highest BCUT2D eigenvalue weighted by Crippen LogP contribution is 2.22. The maximum atomic E-state index is 5.83. The fourth-order valence-corrected chi connectivity index (χ4v) is 3.22. The zero-order valence-electron chi connectivity index (χ0n) is 11.1. The van der Waals surface area contributed by atoms with Gasteiger partial charge in [0.25, 0.3) is 0 Å². The summed E-state index contributed by atoms with van der Waals surface area (Å²) in [6.45, 7) is 3.38. The first-order chi connectivity index (χ1) is 9.35. The third-order valence-electron chi connectivity index (χ3n) is 3.94. The molecule has 2 nitrogen and oxygen atoms in total. The average Bonchev–Trinajstić information content (AvgIpc) is 2.86. The van der Waals surface area contributed by atoms with E-state index in [-0.39, 0.29) is 0 Å². The highest BCUT2D eigenvalue weighted by Gasteiger charge is 2.21. The molecule has 1 saturated heterocycles. The molecule has 2 heterocycles. The molecule has 100 valence electrons. The Balaban J connectivity index is 1.68. The third-order valence-corrected chi connectivity index (χ3v) is 4.16. The summed E-state index contributed by atoms with van der Waals surface area (Å²) in [6.07, 6.45) is 4.44. The van der Waals surface area contributed by atoms with E-state index in [1.54, 1.807) is 0 Å². The minimum atomic E-state index is 0.783. The van der Waals surface area contributed by atoms with Gasteiger partial charge < -0.3 is 0 Å². The zero-order valence-corrected chi connectivity index (χ0v) is 11.8. The van der Waals surface area contributed by atoms with Crippen LogP contribution in [0.2, 0.25) is 0 Å². The number of benzene rings is 1. The number of hydrogen-bond acceptors (Lipinski definition) is 2. The molecule has 1 aliphatic heterocycles. The Morgan fingerprint density at radius 3 is 3.11 bits per heavy atom. The van der Waals surface area contributed by atoms with Gasteiger partial charge in [-0.1, -0.05) is 18.2 Å². The smallest absolute Gasteiger partial charge is 0.0702 e. The van der Waals surface area contributed by atoms with Crippen LogP contribution in [0.3, 0.4) is 0 Å². The van der Waals surface area contributed by atoms with Gasteiger partial charge in [0, 0.05) is 30.6 Å². The summed E-state index contributed by atoms with van der Waals surface area (Å²) in [7, 11) is 0. The second-order valence-electron chi connectivity index (χ2n) is 5.40. The van der Waals surface area contributed by atoms with E-state index in [9.17, 15) is 0 Å². The zero-order chi connectivity index (χ0) is 13.1. The number of nitrogens with zero attached hydrogens (tertiary/aromatic N) is 2. The Hall–Kier alpha value is -1.12. The molecule has 1 aromatic heterocycles. The predicted molar refractivity (Wildman–Crippen MR) is 80.5 cm³/mol. The average molecular weight is 275 g/mol. The molecular formula is C16H19ClN2. The number of halogens is 1. The van der Waals surface area contributed by atoms with Crippen LogP contribution >= 0.6 is 11.6 Å². The summed E-state index contributed by atoms with van der Waals surface area (Å²) in [4.78, 5) is 7.05. The second-order valence-corrected chi connectivity index (χ2v) is 5.78. The van der Waals surface area contributed by atoms with Crippen LogP contribution in [-0.2, 0) is 6.54 Å². The Morgan fingerprint density at radius 1 is 1.32 bits per heavy atom. The number of pyridine rings is 1. The van der Waals surface area contributed by atoms with E-state index in [0.717, 1.165) is 30.3 Å². The van der Waals surface area contributed by atoms with Gasteiger partial charge in [0.1, 0.15) is 0 Å². The lowest BCUT2D eigenvalue weighted by atomic mass is 10.1. The van der Waals surface area contributed by atoms with E-state index in [4.69, 9.17) is 11.6 Å². The summed E-state index contributed by atoms with van der Waals surface area (Å²) in [6, 6.07) is 10.6. The van der Waals surface area contributed by atoms with E-state index in [2.05, 4.69) is 34.1 Å². The number of alkyl halides is 1. The molecule has 3 heteroatoms. The van der Waals surface area contributed by atoms with Crippen LogP contribution in [0, 0.1) is 5.92 Å².